The first-order valence-electron chi connectivity index (χ1n) is 2.79. The summed E-state index contributed by atoms with van der Waals surface area (Å²) in [4.78, 5) is 0. The first kappa shape index (κ1) is 7.60. The second-order valence-electron chi connectivity index (χ2n) is 1.83. The van der Waals surface area contributed by atoms with Gasteiger partial charge in [-0.15, -0.1) is 0 Å². The van der Waals surface area contributed by atoms with Gasteiger partial charge in [0.1, 0.15) is 12.1 Å². The molecular weight excluding hydrogens is 160 g/mol. The maximum absolute atomic E-state index is 8.49. The molecule has 0 saturated carbocycles. The van der Waals surface area contributed by atoms with Crippen molar-refractivity contribution in [3.8, 4) is 12.1 Å². The second kappa shape index (κ2) is 3.05. The Balaban J connectivity index is 3.34. The van der Waals surface area contributed by atoms with Gasteiger partial charge in [0.05, 0.1) is 11.1 Å². The zero-order valence-corrected chi connectivity index (χ0v) is 6.18. The van der Waals surface area contributed by atoms with Gasteiger partial charge in [0.2, 0.25) is 0 Å². The number of benzene rings is 1. The van der Waals surface area contributed by atoms with Crippen molar-refractivity contribution in [3.63, 3.8) is 0 Å². The van der Waals surface area contributed by atoms with Crippen molar-refractivity contribution in [2.45, 2.75) is 0 Å². The van der Waals surface area contributed by atoms with Crippen molar-refractivity contribution < 1.29 is 0 Å². The van der Waals surface area contributed by atoms with Crippen LogP contribution < -0.4 is 0 Å². The molecule has 0 N–H and O–H groups in total. The van der Waals surface area contributed by atoms with Gasteiger partial charge in [0.25, 0.3) is 0 Å². The lowest BCUT2D eigenvalue weighted by atomic mass is 10.1. The van der Waals surface area contributed by atoms with Crippen molar-refractivity contribution in [3.05, 3.63) is 34.3 Å². The van der Waals surface area contributed by atoms with Crippen molar-refractivity contribution in [2.24, 2.45) is 0 Å². The number of hydrogen-bond donors (Lipinski definition) is 0. The summed E-state index contributed by atoms with van der Waals surface area (Å²) in [6.07, 6.45) is 0. The summed E-state index contributed by atoms with van der Waals surface area (Å²) in [7, 11) is 0. The van der Waals surface area contributed by atoms with Gasteiger partial charge in [0, 0.05) is 11.1 Å². The molecule has 0 amide bonds. The molecule has 1 rings (SSSR count). The largest absolute Gasteiger partial charge is 0.192 e. The summed E-state index contributed by atoms with van der Waals surface area (Å²) in [6.45, 7) is 0. The zero-order chi connectivity index (χ0) is 8.27. The van der Waals surface area contributed by atoms with Crippen LogP contribution in [0.4, 0.5) is 0 Å². The summed E-state index contributed by atoms with van der Waals surface area (Å²) >= 11 is 5.56. The molecule has 0 heterocycles. The molecule has 0 bridgehead atoms. The highest BCUT2D eigenvalue weighted by Crippen LogP contribution is 2.13. The molecule has 0 fully saturated rings. The Morgan fingerprint density at radius 3 is 2.64 bits per heavy atom. The van der Waals surface area contributed by atoms with E-state index in [1.807, 2.05) is 12.1 Å². The fourth-order valence-corrected chi connectivity index (χ4v) is 0.815. The van der Waals surface area contributed by atoms with E-state index in [-0.39, 0.29) is 11.1 Å². The summed E-state index contributed by atoms with van der Waals surface area (Å²) in [5.41, 5.74) is 0.497. The molecule has 2 nitrogen and oxygen atoms in total. The molecule has 0 aromatic heterocycles. The zero-order valence-electron chi connectivity index (χ0n) is 5.43. The van der Waals surface area contributed by atoms with E-state index in [0.717, 1.165) is 0 Å². The summed E-state index contributed by atoms with van der Waals surface area (Å²) in [6, 6.07) is 9.18. The van der Waals surface area contributed by atoms with Gasteiger partial charge in [-0.1, -0.05) is 11.6 Å². The highest BCUT2D eigenvalue weighted by molar-refractivity contribution is 6.30. The maximum Gasteiger partial charge on any atom is 0.101 e. The van der Waals surface area contributed by atoms with Crippen LogP contribution in [0, 0.1) is 28.7 Å². The van der Waals surface area contributed by atoms with Crippen molar-refractivity contribution in [2.75, 3.05) is 0 Å². The lowest BCUT2D eigenvalue weighted by Gasteiger charge is -1.91. The minimum absolute atomic E-state index is 0.233. The third-order valence-electron chi connectivity index (χ3n) is 1.14. The lowest BCUT2D eigenvalue weighted by Crippen LogP contribution is -1.82. The van der Waals surface area contributed by atoms with Crippen LogP contribution in [0.1, 0.15) is 11.1 Å². The van der Waals surface area contributed by atoms with E-state index in [2.05, 4.69) is 6.07 Å². The van der Waals surface area contributed by atoms with E-state index < -0.39 is 0 Å². The Labute approximate surface area is 69.2 Å². The van der Waals surface area contributed by atoms with Crippen molar-refractivity contribution in [1.29, 1.82) is 10.5 Å². The quantitative estimate of drug-likeness (QED) is 0.583. The number of rotatable bonds is 0. The van der Waals surface area contributed by atoms with Crippen LogP contribution in [0.2, 0.25) is 5.02 Å². The van der Waals surface area contributed by atoms with Crippen LogP contribution in [0.15, 0.2) is 12.1 Å². The lowest BCUT2D eigenvalue weighted by molar-refractivity contribution is 1.43. The molecule has 3 heteroatoms. The van der Waals surface area contributed by atoms with E-state index in [1.54, 1.807) is 0 Å². The highest BCUT2D eigenvalue weighted by atomic mass is 35.5. The molecule has 1 radical (unpaired) electrons. The second-order valence-corrected chi connectivity index (χ2v) is 2.27. The molecule has 0 aliphatic carbocycles. The van der Waals surface area contributed by atoms with Crippen LogP contribution in [0.5, 0.6) is 0 Å². The molecule has 1 aromatic rings. The monoisotopic (exact) mass is 161 g/mol. The Morgan fingerprint density at radius 1 is 1.36 bits per heavy atom. The third kappa shape index (κ3) is 1.49. The average Bonchev–Trinajstić information content (AvgIpc) is 2.04. The third-order valence-corrected chi connectivity index (χ3v) is 1.36. The van der Waals surface area contributed by atoms with E-state index in [4.69, 9.17) is 22.1 Å². The summed E-state index contributed by atoms with van der Waals surface area (Å²) in [5, 5.41) is 17.4. The van der Waals surface area contributed by atoms with Gasteiger partial charge in [-0.3, -0.25) is 0 Å². The number of nitrogens with zero attached hydrogens (tertiary/aromatic N) is 2. The Bertz CT molecular complexity index is 357. The maximum atomic E-state index is 8.49. The van der Waals surface area contributed by atoms with Crippen molar-refractivity contribution in [1.82, 2.24) is 0 Å². The molecule has 0 atom stereocenters. The predicted octanol–water partition coefficient (Wildman–Crippen LogP) is 1.88. The SMILES string of the molecule is N#Cc1[c]cc(Cl)cc1C#N. The predicted molar refractivity (Wildman–Crippen MR) is 39.7 cm³/mol. The standard InChI is InChI=1S/C8H2ClN2/c9-8-2-1-6(4-10)7(3-8)5-11/h2-3H. The Morgan fingerprint density at radius 2 is 2.09 bits per heavy atom. The van der Waals surface area contributed by atoms with Gasteiger partial charge in [-0.05, 0) is 12.1 Å². The van der Waals surface area contributed by atoms with Gasteiger partial charge in [0.15, 0.2) is 0 Å². The molecule has 0 spiro atoms. The molecule has 0 saturated heterocycles. The molecule has 0 unspecified atom stereocenters. The fourth-order valence-electron chi connectivity index (χ4n) is 0.651. The van der Waals surface area contributed by atoms with E-state index >= 15 is 0 Å². The van der Waals surface area contributed by atoms with Gasteiger partial charge < -0.3 is 0 Å². The van der Waals surface area contributed by atoms with Crippen LogP contribution in [-0.4, -0.2) is 0 Å². The number of nitriles is 2. The molecule has 0 aliphatic rings. The van der Waals surface area contributed by atoms with Crippen molar-refractivity contribution >= 4 is 11.6 Å². The van der Waals surface area contributed by atoms with Crippen LogP contribution in [0.3, 0.4) is 0 Å². The van der Waals surface area contributed by atoms with E-state index in [0.29, 0.717) is 5.02 Å². The molecule has 11 heavy (non-hydrogen) atoms. The molecular formula is C8H2ClN2. The smallest absolute Gasteiger partial charge is 0.101 e. The molecule has 0 aliphatic heterocycles. The van der Waals surface area contributed by atoms with Gasteiger partial charge >= 0.3 is 0 Å². The average molecular weight is 162 g/mol. The first-order chi connectivity index (χ1) is 5.27. The summed E-state index contributed by atoms with van der Waals surface area (Å²) < 4.78 is 0. The Hall–Kier alpha value is -1.51. The topological polar surface area (TPSA) is 47.6 Å². The van der Waals surface area contributed by atoms with E-state index in [1.165, 1.54) is 12.1 Å². The normalized spacial score (nSPS) is 8.27. The van der Waals surface area contributed by atoms with Crippen LogP contribution in [-0.2, 0) is 0 Å². The summed E-state index contributed by atoms with van der Waals surface area (Å²) in [5.74, 6) is 0. The minimum Gasteiger partial charge on any atom is -0.192 e. The fraction of sp³-hybridized carbons (Fsp3) is 0. The van der Waals surface area contributed by atoms with Crippen LogP contribution in [0.25, 0.3) is 0 Å². The molecule has 1 aromatic carbocycles. The molecule has 51 valence electrons. The minimum atomic E-state index is 0.233. The Kier molecular flexibility index (Phi) is 2.11. The first-order valence-corrected chi connectivity index (χ1v) is 3.17. The van der Waals surface area contributed by atoms with Gasteiger partial charge in [-0.25, -0.2) is 0 Å². The van der Waals surface area contributed by atoms with Gasteiger partial charge in [-0.2, -0.15) is 10.5 Å². The highest BCUT2D eigenvalue weighted by Gasteiger charge is 2.00. The number of halogens is 1. The van der Waals surface area contributed by atoms with E-state index in [9.17, 15) is 0 Å². The van der Waals surface area contributed by atoms with Crippen LogP contribution >= 0.6 is 11.6 Å². The number of hydrogen-bond acceptors (Lipinski definition) is 2.